The van der Waals surface area contributed by atoms with Crippen LogP contribution in [0.25, 0.3) is 0 Å². The van der Waals surface area contributed by atoms with Gasteiger partial charge in [0.2, 0.25) is 0 Å². The van der Waals surface area contributed by atoms with Crippen LogP contribution in [0.2, 0.25) is 0 Å². The molecule has 8 atom stereocenters. The van der Waals surface area contributed by atoms with Gasteiger partial charge in [-0.2, -0.15) is 12.6 Å². The van der Waals surface area contributed by atoms with Crippen LogP contribution in [0.4, 0.5) is 0 Å². The second-order valence-corrected chi connectivity index (χ2v) is 16.8. The first kappa shape index (κ1) is 50.4. The zero-order valence-electron chi connectivity index (χ0n) is 31.2. The smallest absolute Gasteiger partial charge is 0.462 e. The number of aliphatic hydroxyl groups is 4. The topological polar surface area (TPSA) is 256 Å². The molecule has 0 amide bonds. The number of carbonyl (C=O) groups is 2. The minimum atomic E-state index is -5.30. The molecule has 19 heteroatoms. The molecular weight excluding hydrogens is 758 g/mol. The molecule has 0 aromatic heterocycles. The van der Waals surface area contributed by atoms with Crippen LogP contribution in [0.15, 0.2) is 0 Å². The molecule has 1 aliphatic carbocycles. The van der Waals surface area contributed by atoms with Crippen LogP contribution in [0, 0.1) is 0 Å². The van der Waals surface area contributed by atoms with E-state index in [0.717, 1.165) is 63.5 Å². The van der Waals surface area contributed by atoms with Crippen molar-refractivity contribution in [2.75, 3.05) is 19.0 Å². The van der Waals surface area contributed by atoms with Crippen LogP contribution in [-0.4, -0.2) is 109 Å². The first-order chi connectivity index (χ1) is 25.1. The van der Waals surface area contributed by atoms with Gasteiger partial charge in [0.25, 0.3) is 0 Å². The van der Waals surface area contributed by atoms with Gasteiger partial charge in [-0.15, -0.1) is 0 Å². The number of esters is 2. The summed E-state index contributed by atoms with van der Waals surface area (Å²) in [6.45, 7) is 0.892. The molecule has 0 spiro atoms. The summed E-state index contributed by atoms with van der Waals surface area (Å²) in [7, 11) is -10.5. The molecule has 16 nitrogen and oxygen atoms in total. The van der Waals surface area contributed by atoms with Gasteiger partial charge in [-0.1, -0.05) is 110 Å². The average Bonchev–Trinajstić information content (AvgIpc) is 3.10. The Morgan fingerprint density at radius 1 is 0.585 bits per heavy atom. The molecule has 53 heavy (non-hydrogen) atoms. The highest BCUT2D eigenvalue weighted by Gasteiger charge is 2.54. The molecule has 314 valence electrons. The predicted octanol–water partition coefficient (Wildman–Crippen LogP) is 5.02. The van der Waals surface area contributed by atoms with Crippen molar-refractivity contribution in [3.8, 4) is 0 Å². The zero-order valence-corrected chi connectivity index (χ0v) is 33.8. The maximum Gasteiger partial charge on any atom is 0.472 e. The second kappa shape index (κ2) is 28.7. The van der Waals surface area contributed by atoms with Gasteiger partial charge in [-0.3, -0.25) is 23.2 Å². The molecule has 1 aliphatic rings. The monoisotopic (exact) mass is 824 g/mol. The lowest BCUT2D eigenvalue weighted by Crippen LogP contribution is -2.64. The molecule has 4 unspecified atom stereocenters. The number of hydrogen-bond donors (Lipinski definition) is 8. The first-order valence-electron chi connectivity index (χ1n) is 19.2. The summed E-state index contributed by atoms with van der Waals surface area (Å²) in [6, 6.07) is 0. The van der Waals surface area contributed by atoms with Crippen molar-refractivity contribution in [1.82, 2.24) is 0 Å². The van der Waals surface area contributed by atoms with E-state index in [9.17, 15) is 44.0 Å². The average molecular weight is 825 g/mol. The van der Waals surface area contributed by atoms with Crippen LogP contribution < -0.4 is 0 Å². The molecule has 7 N–H and O–H groups in total. The number of hydrogen-bond acceptors (Lipinski definition) is 14. The Bertz CT molecular complexity index is 1070. The summed E-state index contributed by atoms with van der Waals surface area (Å²) in [4.78, 5) is 53.5. The van der Waals surface area contributed by atoms with Crippen molar-refractivity contribution in [2.24, 2.45) is 0 Å². The highest BCUT2D eigenvalue weighted by molar-refractivity contribution is 7.80. The second-order valence-electron chi connectivity index (χ2n) is 13.7. The summed E-state index contributed by atoms with van der Waals surface area (Å²) in [5.41, 5.74) is 0. The molecule has 1 fully saturated rings. The van der Waals surface area contributed by atoms with E-state index in [1.807, 2.05) is 0 Å². The van der Waals surface area contributed by atoms with Gasteiger partial charge in [0, 0.05) is 12.8 Å². The van der Waals surface area contributed by atoms with Crippen LogP contribution >= 0.6 is 28.3 Å². The van der Waals surface area contributed by atoms with E-state index in [1.165, 1.54) is 51.4 Å². The van der Waals surface area contributed by atoms with Crippen molar-refractivity contribution < 1.29 is 76.9 Å². The van der Waals surface area contributed by atoms with Gasteiger partial charge in [0.1, 0.15) is 43.2 Å². The first-order valence-corrected chi connectivity index (χ1v) is 22.9. The highest BCUT2D eigenvalue weighted by atomic mass is 32.1. The van der Waals surface area contributed by atoms with E-state index in [1.54, 1.807) is 0 Å². The molecule has 0 bridgehead atoms. The Morgan fingerprint density at radius 2 is 0.981 bits per heavy atom. The van der Waals surface area contributed by atoms with Crippen molar-refractivity contribution >= 4 is 40.2 Å². The molecule has 1 rings (SSSR count). The third kappa shape index (κ3) is 23.9. The Labute approximate surface area is 319 Å². The Hall–Kier alpha value is -0.650. The van der Waals surface area contributed by atoms with Crippen molar-refractivity contribution in [2.45, 2.75) is 184 Å². The van der Waals surface area contributed by atoms with Crippen LogP contribution in [0.3, 0.4) is 0 Å². The Morgan fingerprint density at radius 3 is 1.42 bits per heavy atom. The van der Waals surface area contributed by atoms with Crippen LogP contribution in [0.1, 0.15) is 142 Å². The normalized spacial score (nSPS) is 23.7. The van der Waals surface area contributed by atoms with Gasteiger partial charge in [-0.05, 0) is 25.0 Å². The number of ether oxygens (including phenoxy) is 2. The fourth-order valence-corrected chi connectivity index (χ4v) is 7.71. The SMILES string of the molecule is CCCCCCCCCCCCCCCC(=O)O[C@H](COC(=O)CCCCCCCCS)COP(=O)(O)OC1C(O)[C@@H](O)C(OP(=O)(O)O)[C@@H](O)[C@H]1O. The summed E-state index contributed by atoms with van der Waals surface area (Å²) in [5.74, 6) is -0.383. The maximum atomic E-state index is 12.8. The van der Waals surface area contributed by atoms with Gasteiger partial charge in [0.05, 0.1) is 6.61 Å². The van der Waals surface area contributed by atoms with Gasteiger partial charge in [0.15, 0.2) is 6.10 Å². The Balaban J connectivity index is 2.65. The van der Waals surface area contributed by atoms with E-state index in [-0.39, 0.29) is 12.8 Å². The van der Waals surface area contributed by atoms with Crippen LogP contribution in [-0.2, 0) is 41.8 Å². The number of unbranched alkanes of at least 4 members (excludes halogenated alkanes) is 17. The lowest BCUT2D eigenvalue weighted by molar-refractivity contribution is -0.216. The quantitative estimate of drug-likeness (QED) is 0.0192. The van der Waals surface area contributed by atoms with Crippen molar-refractivity contribution in [3.63, 3.8) is 0 Å². The highest BCUT2D eigenvalue weighted by Crippen LogP contribution is 2.48. The predicted molar refractivity (Wildman–Crippen MR) is 199 cm³/mol. The number of aliphatic hydroxyl groups excluding tert-OH is 4. The molecule has 0 radical (unpaired) electrons. The number of thiol groups is 1. The Kier molecular flexibility index (Phi) is 27.3. The molecule has 0 aromatic rings. The van der Waals surface area contributed by atoms with Gasteiger partial charge < -0.3 is 44.6 Å². The summed E-state index contributed by atoms with van der Waals surface area (Å²) in [6.07, 6.45) is 5.53. The van der Waals surface area contributed by atoms with Crippen molar-refractivity contribution in [3.05, 3.63) is 0 Å². The number of rotatable bonds is 32. The van der Waals surface area contributed by atoms with Gasteiger partial charge in [-0.25, -0.2) is 9.13 Å². The summed E-state index contributed by atoms with van der Waals surface area (Å²) in [5, 5.41) is 41.2. The summed E-state index contributed by atoms with van der Waals surface area (Å²) >= 11 is 4.19. The molecule has 0 aromatic carbocycles. The number of phosphoric acid groups is 2. The lowest BCUT2D eigenvalue weighted by Gasteiger charge is -2.43. The van der Waals surface area contributed by atoms with Crippen molar-refractivity contribution in [1.29, 1.82) is 0 Å². The zero-order chi connectivity index (χ0) is 39.7. The largest absolute Gasteiger partial charge is 0.472 e. The number of phosphoric ester groups is 2. The fourth-order valence-electron chi connectivity index (χ4n) is 5.95. The van der Waals surface area contributed by atoms with E-state index in [0.29, 0.717) is 12.8 Å². The van der Waals surface area contributed by atoms with E-state index in [4.69, 9.17) is 28.3 Å². The third-order valence-electron chi connectivity index (χ3n) is 8.99. The van der Waals surface area contributed by atoms with Crippen LogP contribution in [0.5, 0.6) is 0 Å². The van der Waals surface area contributed by atoms with E-state index in [2.05, 4.69) is 24.1 Å². The minimum Gasteiger partial charge on any atom is -0.462 e. The summed E-state index contributed by atoms with van der Waals surface area (Å²) < 4.78 is 48.7. The molecule has 0 saturated heterocycles. The fraction of sp³-hybridized carbons (Fsp3) is 0.941. The minimum absolute atomic E-state index is 0.0524. The molecule has 0 heterocycles. The lowest BCUT2D eigenvalue weighted by atomic mass is 9.85. The van der Waals surface area contributed by atoms with Gasteiger partial charge >= 0.3 is 27.6 Å². The third-order valence-corrected chi connectivity index (χ3v) is 10.8. The maximum absolute atomic E-state index is 12.8. The van der Waals surface area contributed by atoms with E-state index >= 15 is 0 Å². The van der Waals surface area contributed by atoms with E-state index < -0.39 is 83.5 Å². The molecule has 0 aliphatic heterocycles. The molecule has 1 saturated carbocycles. The molecular formula is C34H66O16P2S. The standard InChI is InChI=1S/C34H66O16P2S/c1-2-3-4-5-6-7-8-9-10-11-12-16-19-22-28(36)48-26(24-46-27(35)21-18-15-13-14-17-20-23-53)25-47-52(44,45)50-34-31(39)29(37)33(30(38)32(34)40)49-51(41,42)43/h26,29-34,37-40,53H,2-25H2,1H3,(H,44,45)(H2,41,42,43)/t26-,29-,30+,31?,32-,33?,34?/m1/s1. The number of carbonyl (C=O) groups excluding carboxylic acids is 2.